The van der Waals surface area contributed by atoms with E-state index in [4.69, 9.17) is 4.43 Å². The molecule has 0 aliphatic rings. The average Bonchev–Trinajstić information content (AvgIpc) is 2.56. The van der Waals surface area contributed by atoms with Gasteiger partial charge >= 0.3 is 9.76 Å². The molecule has 3 aromatic rings. The molecule has 114 valence electrons. The maximum Gasteiger partial charge on any atom is 0.323 e. The minimum absolute atomic E-state index is 0.262. The number of hydrogen-bond acceptors (Lipinski definition) is 1. The van der Waals surface area contributed by atoms with Crippen LogP contribution in [0.25, 0.3) is 0 Å². The Morgan fingerprint density at radius 1 is 0.696 bits per heavy atom. The molecular formula is C21H20OSi. The Hall–Kier alpha value is -2.32. The van der Waals surface area contributed by atoms with Crippen LogP contribution in [-0.2, 0) is 0 Å². The summed E-state index contributed by atoms with van der Waals surface area (Å²) in [6.07, 6.45) is 0. The van der Waals surface area contributed by atoms with Crippen LogP contribution in [0.4, 0.5) is 0 Å². The second-order valence-corrected chi connectivity index (χ2v) is 6.81. The Balaban J connectivity index is 1.85. The molecule has 3 aromatic carbocycles. The summed E-state index contributed by atoms with van der Waals surface area (Å²) in [5, 5.41) is 0. The first kappa shape index (κ1) is 15.6. The van der Waals surface area contributed by atoms with Crippen LogP contribution >= 0.6 is 0 Å². The first-order valence-electron chi connectivity index (χ1n) is 7.83. The van der Waals surface area contributed by atoms with Crippen molar-refractivity contribution in [3.8, 4) is 5.75 Å². The summed E-state index contributed by atoms with van der Waals surface area (Å²) in [7, 11) is 0.348. The van der Waals surface area contributed by atoms with Crippen LogP contribution in [0, 0.1) is 13.8 Å². The normalized spacial score (nSPS) is 10.7. The molecule has 3 rings (SSSR count). The molecule has 0 heterocycles. The topological polar surface area (TPSA) is 9.23 Å². The van der Waals surface area contributed by atoms with Crippen molar-refractivity contribution >= 4 is 9.76 Å². The zero-order valence-corrected chi connectivity index (χ0v) is 14.5. The van der Waals surface area contributed by atoms with Crippen LogP contribution in [0.15, 0.2) is 78.9 Å². The Labute approximate surface area is 140 Å². The van der Waals surface area contributed by atoms with Crippen molar-refractivity contribution in [2.24, 2.45) is 0 Å². The molecule has 2 radical (unpaired) electrons. The Bertz CT molecular complexity index is 694. The Morgan fingerprint density at radius 2 is 1.17 bits per heavy atom. The van der Waals surface area contributed by atoms with E-state index in [1.165, 1.54) is 22.3 Å². The summed E-state index contributed by atoms with van der Waals surface area (Å²) in [6, 6.07) is 27.6. The third-order valence-electron chi connectivity index (χ3n) is 3.76. The van der Waals surface area contributed by atoms with Crippen molar-refractivity contribution in [2.45, 2.75) is 19.4 Å². The van der Waals surface area contributed by atoms with E-state index in [0.29, 0.717) is 9.76 Å². The Morgan fingerprint density at radius 3 is 1.65 bits per heavy atom. The maximum atomic E-state index is 6.17. The number of hydrogen-bond donors (Lipinski definition) is 0. The van der Waals surface area contributed by atoms with Crippen LogP contribution in [0.2, 0.25) is 0 Å². The van der Waals surface area contributed by atoms with Gasteiger partial charge in [-0.15, -0.1) is 0 Å². The van der Waals surface area contributed by atoms with Gasteiger partial charge in [-0.3, -0.25) is 0 Å². The largest absolute Gasteiger partial charge is 0.540 e. The lowest BCUT2D eigenvalue weighted by atomic mass is 10.0. The summed E-state index contributed by atoms with van der Waals surface area (Å²) < 4.78 is 6.17. The van der Waals surface area contributed by atoms with Gasteiger partial charge in [-0.1, -0.05) is 66.7 Å². The maximum absolute atomic E-state index is 6.17. The highest BCUT2D eigenvalue weighted by Crippen LogP contribution is 2.25. The van der Waals surface area contributed by atoms with Gasteiger partial charge in [-0.2, -0.15) is 0 Å². The van der Waals surface area contributed by atoms with Crippen LogP contribution in [-0.4, -0.2) is 9.76 Å². The quantitative estimate of drug-likeness (QED) is 0.596. The SMILES string of the molecule is Cc1cc(C)cc(O[Si]C(c2ccccc2)c2ccccc2)c1. The van der Waals surface area contributed by atoms with Crippen molar-refractivity contribution in [1.82, 2.24) is 0 Å². The zero-order chi connectivity index (χ0) is 16.1. The van der Waals surface area contributed by atoms with Gasteiger partial charge in [0.15, 0.2) is 0 Å². The highest BCUT2D eigenvalue weighted by molar-refractivity contribution is 6.32. The molecule has 0 aromatic heterocycles. The van der Waals surface area contributed by atoms with Crippen LogP contribution in [0.3, 0.4) is 0 Å². The van der Waals surface area contributed by atoms with Crippen molar-refractivity contribution in [2.75, 3.05) is 0 Å². The lowest BCUT2D eigenvalue weighted by Crippen LogP contribution is -2.16. The molecule has 0 aliphatic carbocycles. The predicted molar refractivity (Wildman–Crippen MR) is 97.0 cm³/mol. The highest BCUT2D eigenvalue weighted by atomic mass is 28.2. The molecule has 0 saturated heterocycles. The van der Waals surface area contributed by atoms with Gasteiger partial charge < -0.3 is 4.43 Å². The molecule has 0 spiro atoms. The molecule has 0 fully saturated rings. The van der Waals surface area contributed by atoms with E-state index in [2.05, 4.69) is 92.7 Å². The highest BCUT2D eigenvalue weighted by Gasteiger charge is 2.17. The van der Waals surface area contributed by atoms with Gasteiger partial charge in [0, 0.05) is 5.54 Å². The second-order valence-electron chi connectivity index (χ2n) is 5.80. The van der Waals surface area contributed by atoms with Gasteiger partial charge in [0.05, 0.1) is 0 Å². The molecule has 0 atom stereocenters. The lowest BCUT2D eigenvalue weighted by molar-refractivity contribution is 0.583. The first-order chi connectivity index (χ1) is 11.2. The molecule has 2 heteroatoms. The molecule has 0 saturated carbocycles. The molecule has 1 nitrogen and oxygen atoms in total. The molecular weight excluding hydrogens is 296 g/mol. The fourth-order valence-electron chi connectivity index (χ4n) is 2.74. The van der Waals surface area contributed by atoms with Crippen molar-refractivity contribution in [3.63, 3.8) is 0 Å². The predicted octanol–water partition coefficient (Wildman–Crippen LogP) is 5.09. The van der Waals surface area contributed by atoms with Crippen LogP contribution < -0.4 is 4.43 Å². The van der Waals surface area contributed by atoms with Gasteiger partial charge in [0.25, 0.3) is 0 Å². The summed E-state index contributed by atoms with van der Waals surface area (Å²) in [5.41, 5.74) is 5.32. The van der Waals surface area contributed by atoms with Gasteiger partial charge in [0.2, 0.25) is 0 Å². The fraction of sp³-hybridized carbons (Fsp3) is 0.143. The van der Waals surface area contributed by atoms with Gasteiger partial charge in [-0.25, -0.2) is 0 Å². The van der Waals surface area contributed by atoms with Crippen molar-refractivity contribution < 1.29 is 4.43 Å². The standard InChI is InChI=1S/C21H20OSi/c1-16-13-17(2)15-20(14-16)22-23-21(18-9-5-3-6-10-18)19-11-7-4-8-12-19/h3-15,21H,1-2H3. The van der Waals surface area contributed by atoms with Gasteiger partial charge in [-0.05, 0) is 48.2 Å². The average molecular weight is 316 g/mol. The van der Waals surface area contributed by atoms with Crippen LogP contribution in [0.1, 0.15) is 27.8 Å². The van der Waals surface area contributed by atoms with E-state index in [-0.39, 0.29) is 5.54 Å². The third kappa shape index (κ3) is 4.11. The molecule has 23 heavy (non-hydrogen) atoms. The van der Waals surface area contributed by atoms with E-state index in [9.17, 15) is 0 Å². The molecule has 0 amide bonds. The van der Waals surface area contributed by atoms with Crippen LogP contribution in [0.5, 0.6) is 5.75 Å². The second kappa shape index (κ2) is 7.29. The van der Waals surface area contributed by atoms with Crippen molar-refractivity contribution in [3.05, 3.63) is 101 Å². The summed E-state index contributed by atoms with van der Waals surface area (Å²) in [6.45, 7) is 4.21. The molecule has 0 bridgehead atoms. The number of benzene rings is 3. The van der Waals surface area contributed by atoms with E-state index < -0.39 is 0 Å². The molecule has 0 unspecified atom stereocenters. The minimum atomic E-state index is 0.262. The van der Waals surface area contributed by atoms with Gasteiger partial charge in [0.1, 0.15) is 5.75 Å². The number of rotatable bonds is 5. The smallest absolute Gasteiger partial charge is 0.323 e. The fourth-order valence-corrected chi connectivity index (χ4v) is 3.77. The summed E-state index contributed by atoms with van der Waals surface area (Å²) in [4.78, 5) is 0. The van der Waals surface area contributed by atoms with E-state index in [1.807, 2.05) is 0 Å². The minimum Gasteiger partial charge on any atom is -0.540 e. The molecule has 0 aliphatic heterocycles. The van der Waals surface area contributed by atoms with E-state index >= 15 is 0 Å². The monoisotopic (exact) mass is 316 g/mol. The van der Waals surface area contributed by atoms with E-state index in [0.717, 1.165) is 5.75 Å². The third-order valence-corrected chi connectivity index (χ3v) is 5.01. The molecule has 0 N–H and O–H groups in total. The van der Waals surface area contributed by atoms with Crippen molar-refractivity contribution in [1.29, 1.82) is 0 Å². The summed E-state index contributed by atoms with van der Waals surface area (Å²) in [5.74, 6) is 0.956. The Kier molecular flexibility index (Phi) is 4.94. The summed E-state index contributed by atoms with van der Waals surface area (Å²) >= 11 is 0. The number of aryl methyl sites for hydroxylation is 2. The van der Waals surface area contributed by atoms with E-state index in [1.54, 1.807) is 0 Å². The lowest BCUT2D eigenvalue weighted by Gasteiger charge is -2.17. The zero-order valence-electron chi connectivity index (χ0n) is 13.5. The first-order valence-corrected chi connectivity index (χ1v) is 8.81.